The number of benzene rings is 1. The van der Waals surface area contributed by atoms with Crippen molar-refractivity contribution in [3.8, 4) is 10.6 Å². The van der Waals surface area contributed by atoms with E-state index in [9.17, 15) is 8.78 Å². The Morgan fingerprint density at radius 1 is 1.24 bits per heavy atom. The van der Waals surface area contributed by atoms with E-state index in [1.54, 1.807) is 0 Å². The summed E-state index contributed by atoms with van der Waals surface area (Å²) in [6.45, 7) is 3.70. The minimum Gasteiger partial charge on any atom is -0.323 e. The first-order valence-electron chi connectivity index (χ1n) is 5.16. The molecule has 0 aliphatic carbocycles. The molecule has 2 rings (SSSR count). The molecule has 1 unspecified atom stereocenters. The van der Waals surface area contributed by atoms with Crippen LogP contribution in [0.15, 0.2) is 18.2 Å². The molecule has 2 N–H and O–H groups in total. The Kier molecular flexibility index (Phi) is 3.22. The van der Waals surface area contributed by atoms with E-state index in [0.717, 1.165) is 16.6 Å². The SMILES string of the molecule is Cc1nc(-c2cc(F)cc(F)c2)sc1C(C)N. The van der Waals surface area contributed by atoms with E-state index >= 15 is 0 Å². The van der Waals surface area contributed by atoms with Crippen LogP contribution in [0.1, 0.15) is 23.5 Å². The second-order valence-electron chi connectivity index (χ2n) is 3.92. The van der Waals surface area contributed by atoms with Crippen LogP contribution in [-0.2, 0) is 0 Å². The van der Waals surface area contributed by atoms with Crippen LogP contribution in [0.5, 0.6) is 0 Å². The molecular weight excluding hydrogens is 242 g/mol. The van der Waals surface area contributed by atoms with Gasteiger partial charge in [0.1, 0.15) is 16.6 Å². The largest absolute Gasteiger partial charge is 0.323 e. The van der Waals surface area contributed by atoms with Crippen LogP contribution in [0, 0.1) is 18.6 Å². The molecule has 0 aliphatic rings. The summed E-state index contributed by atoms with van der Waals surface area (Å²) in [5, 5.41) is 0.591. The maximum Gasteiger partial charge on any atom is 0.126 e. The second-order valence-corrected chi connectivity index (χ2v) is 4.95. The van der Waals surface area contributed by atoms with E-state index in [1.807, 2.05) is 13.8 Å². The molecule has 1 heterocycles. The lowest BCUT2D eigenvalue weighted by Gasteiger charge is -2.00. The molecule has 0 radical (unpaired) electrons. The van der Waals surface area contributed by atoms with Gasteiger partial charge < -0.3 is 5.73 Å². The lowest BCUT2D eigenvalue weighted by molar-refractivity contribution is 0.584. The van der Waals surface area contributed by atoms with E-state index in [-0.39, 0.29) is 6.04 Å². The fourth-order valence-corrected chi connectivity index (χ4v) is 2.64. The summed E-state index contributed by atoms with van der Waals surface area (Å²) >= 11 is 1.37. The molecule has 1 atom stereocenters. The average molecular weight is 254 g/mol. The Morgan fingerprint density at radius 2 is 1.82 bits per heavy atom. The molecule has 0 aliphatic heterocycles. The van der Waals surface area contributed by atoms with Crippen molar-refractivity contribution in [2.75, 3.05) is 0 Å². The van der Waals surface area contributed by atoms with Crippen molar-refractivity contribution in [1.82, 2.24) is 4.98 Å². The van der Waals surface area contributed by atoms with E-state index < -0.39 is 11.6 Å². The molecule has 2 aromatic rings. The van der Waals surface area contributed by atoms with Gasteiger partial charge in [0, 0.05) is 22.5 Å². The zero-order valence-electron chi connectivity index (χ0n) is 9.50. The smallest absolute Gasteiger partial charge is 0.126 e. The van der Waals surface area contributed by atoms with E-state index in [2.05, 4.69) is 4.98 Å². The highest BCUT2D eigenvalue weighted by Gasteiger charge is 2.13. The molecule has 1 aromatic carbocycles. The van der Waals surface area contributed by atoms with Gasteiger partial charge in [0.15, 0.2) is 0 Å². The van der Waals surface area contributed by atoms with Gasteiger partial charge in [-0.15, -0.1) is 11.3 Å². The number of rotatable bonds is 2. The van der Waals surface area contributed by atoms with E-state index in [1.165, 1.54) is 23.5 Å². The van der Waals surface area contributed by atoms with Crippen LogP contribution in [0.4, 0.5) is 8.78 Å². The Labute approximate surface area is 102 Å². The van der Waals surface area contributed by atoms with Gasteiger partial charge in [-0.2, -0.15) is 0 Å². The summed E-state index contributed by atoms with van der Waals surface area (Å²) in [5.74, 6) is -1.20. The third-order valence-electron chi connectivity index (χ3n) is 2.36. The highest BCUT2D eigenvalue weighted by molar-refractivity contribution is 7.15. The first kappa shape index (κ1) is 12.1. The summed E-state index contributed by atoms with van der Waals surface area (Å²) < 4.78 is 26.2. The Bertz CT molecular complexity index is 529. The zero-order valence-corrected chi connectivity index (χ0v) is 10.3. The van der Waals surface area contributed by atoms with Gasteiger partial charge in [0.25, 0.3) is 0 Å². The molecule has 5 heteroatoms. The lowest BCUT2D eigenvalue weighted by atomic mass is 10.2. The minimum absolute atomic E-state index is 0.125. The molecule has 0 saturated heterocycles. The highest BCUT2D eigenvalue weighted by Crippen LogP contribution is 2.31. The van der Waals surface area contributed by atoms with Gasteiger partial charge in [0.2, 0.25) is 0 Å². The van der Waals surface area contributed by atoms with Gasteiger partial charge in [0.05, 0.1) is 5.69 Å². The molecule has 0 saturated carbocycles. The van der Waals surface area contributed by atoms with Crippen molar-refractivity contribution >= 4 is 11.3 Å². The molecule has 90 valence electrons. The van der Waals surface area contributed by atoms with Crippen molar-refractivity contribution in [2.24, 2.45) is 5.73 Å². The molecule has 0 spiro atoms. The van der Waals surface area contributed by atoms with Gasteiger partial charge in [-0.05, 0) is 26.0 Å². The molecule has 17 heavy (non-hydrogen) atoms. The van der Waals surface area contributed by atoms with Crippen molar-refractivity contribution in [2.45, 2.75) is 19.9 Å². The Balaban J connectivity index is 2.49. The third kappa shape index (κ3) is 2.50. The van der Waals surface area contributed by atoms with Crippen LogP contribution in [0.25, 0.3) is 10.6 Å². The third-order valence-corrected chi connectivity index (χ3v) is 3.76. The normalized spacial score (nSPS) is 12.8. The summed E-state index contributed by atoms with van der Waals surface area (Å²) in [4.78, 5) is 5.22. The summed E-state index contributed by atoms with van der Waals surface area (Å²) in [5.41, 5.74) is 7.04. The number of halogens is 2. The first-order valence-corrected chi connectivity index (χ1v) is 5.98. The standard InChI is InChI=1S/C12H12F2N2S/c1-6(15)11-7(2)16-12(17-11)8-3-9(13)5-10(14)4-8/h3-6H,15H2,1-2H3. The maximum absolute atomic E-state index is 13.1. The van der Waals surface area contributed by atoms with Crippen LogP contribution < -0.4 is 5.73 Å². The molecule has 0 fully saturated rings. The number of hydrogen-bond donors (Lipinski definition) is 1. The van der Waals surface area contributed by atoms with Crippen molar-refractivity contribution < 1.29 is 8.78 Å². The highest BCUT2D eigenvalue weighted by atomic mass is 32.1. The number of hydrogen-bond acceptors (Lipinski definition) is 3. The van der Waals surface area contributed by atoms with Crippen LogP contribution in [0.3, 0.4) is 0 Å². The van der Waals surface area contributed by atoms with Gasteiger partial charge >= 0.3 is 0 Å². The molecular formula is C12H12F2N2S. The van der Waals surface area contributed by atoms with Gasteiger partial charge in [-0.1, -0.05) is 0 Å². The predicted octanol–water partition coefficient (Wildman–Crippen LogP) is 3.42. The summed E-state index contributed by atoms with van der Waals surface area (Å²) in [7, 11) is 0. The Morgan fingerprint density at radius 3 is 2.29 bits per heavy atom. The minimum atomic E-state index is -0.602. The van der Waals surface area contributed by atoms with Crippen molar-refractivity contribution in [3.05, 3.63) is 40.4 Å². The average Bonchev–Trinajstić information content (AvgIpc) is 2.59. The number of aryl methyl sites for hydroxylation is 1. The number of nitrogens with two attached hydrogens (primary N) is 1. The Hall–Kier alpha value is -1.33. The van der Waals surface area contributed by atoms with Gasteiger partial charge in [-0.3, -0.25) is 0 Å². The van der Waals surface area contributed by atoms with E-state index in [0.29, 0.717) is 10.6 Å². The molecule has 1 aromatic heterocycles. The number of thiazole rings is 1. The second kappa shape index (κ2) is 4.50. The van der Waals surface area contributed by atoms with Crippen molar-refractivity contribution in [3.63, 3.8) is 0 Å². The topological polar surface area (TPSA) is 38.9 Å². The number of aromatic nitrogens is 1. The van der Waals surface area contributed by atoms with E-state index in [4.69, 9.17) is 5.73 Å². The summed E-state index contributed by atoms with van der Waals surface area (Å²) in [6.07, 6.45) is 0. The molecule has 0 amide bonds. The zero-order chi connectivity index (χ0) is 12.6. The quantitative estimate of drug-likeness (QED) is 0.891. The van der Waals surface area contributed by atoms with Crippen LogP contribution in [-0.4, -0.2) is 4.98 Å². The lowest BCUT2D eigenvalue weighted by Crippen LogP contribution is -2.03. The monoisotopic (exact) mass is 254 g/mol. The fraction of sp³-hybridized carbons (Fsp3) is 0.250. The summed E-state index contributed by atoms with van der Waals surface area (Å²) in [6, 6.07) is 3.26. The van der Waals surface area contributed by atoms with Gasteiger partial charge in [-0.25, -0.2) is 13.8 Å². The first-order chi connectivity index (χ1) is 7.97. The predicted molar refractivity (Wildman–Crippen MR) is 64.8 cm³/mol. The fourth-order valence-electron chi connectivity index (χ4n) is 1.63. The van der Waals surface area contributed by atoms with Crippen molar-refractivity contribution in [1.29, 1.82) is 0 Å². The van der Waals surface area contributed by atoms with Crippen LogP contribution in [0.2, 0.25) is 0 Å². The number of nitrogens with zero attached hydrogens (tertiary/aromatic N) is 1. The maximum atomic E-state index is 13.1. The molecule has 2 nitrogen and oxygen atoms in total. The molecule has 0 bridgehead atoms. The van der Waals surface area contributed by atoms with Crippen LogP contribution >= 0.6 is 11.3 Å².